The van der Waals surface area contributed by atoms with Gasteiger partial charge in [0, 0.05) is 31.5 Å². The van der Waals surface area contributed by atoms with E-state index in [0.29, 0.717) is 5.69 Å². The fourth-order valence-electron chi connectivity index (χ4n) is 3.08. The molecule has 2 aromatic heterocycles. The number of carboxylic acids is 1. The monoisotopic (exact) mass is 388 g/mol. The Morgan fingerprint density at radius 1 is 1.31 bits per heavy atom. The number of aromatic nitrogens is 2. The van der Waals surface area contributed by atoms with Gasteiger partial charge in [-0.25, -0.2) is 9.78 Å². The molecule has 2 atom stereocenters. The molecule has 1 aliphatic heterocycles. The van der Waals surface area contributed by atoms with Crippen LogP contribution in [0.2, 0.25) is 5.02 Å². The summed E-state index contributed by atoms with van der Waals surface area (Å²) in [6.07, 6.45) is -1.40. The normalized spacial score (nSPS) is 21.1. The Balaban J connectivity index is 1.98. The van der Waals surface area contributed by atoms with Crippen LogP contribution < -0.4 is 9.80 Å². The lowest BCUT2D eigenvalue weighted by Gasteiger charge is -2.47. The second-order valence-corrected chi connectivity index (χ2v) is 6.49. The van der Waals surface area contributed by atoms with Crippen LogP contribution in [0.4, 0.5) is 24.7 Å². The average molecular weight is 389 g/mol. The van der Waals surface area contributed by atoms with Gasteiger partial charge in [-0.05, 0) is 25.1 Å². The number of anilines is 2. The molecule has 1 saturated heterocycles. The van der Waals surface area contributed by atoms with Crippen molar-refractivity contribution in [3.63, 3.8) is 0 Å². The fourth-order valence-corrected chi connectivity index (χ4v) is 3.30. The Morgan fingerprint density at radius 2 is 2.04 bits per heavy atom. The van der Waals surface area contributed by atoms with E-state index in [1.165, 1.54) is 28.1 Å². The van der Waals surface area contributed by atoms with Gasteiger partial charge in [0.05, 0.1) is 10.7 Å². The van der Waals surface area contributed by atoms with Crippen molar-refractivity contribution in [3.8, 4) is 0 Å². The van der Waals surface area contributed by atoms with E-state index < -0.39 is 24.7 Å². The summed E-state index contributed by atoms with van der Waals surface area (Å²) < 4.78 is 41.0. The largest absolute Gasteiger partial charge is 0.477 e. The lowest BCUT2D eigenvalue weighted by atomic mass is 10.1. The first kappa shape index (κ1) is 18.4. The van der Waals surface area contributed by atoms with Gasteiger partial charge >= 0.3 is 12.1 Å². The van der Waals surface area contributed by atoms with Crippen molar-refractivity contribution >= 4 is 29.1 Å². The molecular formula is C16H16ClF3N4O2. The number of nitrogens with one attached hydrogen (secondary N) is 1. The van der Waals surface area contributed by atoms with Crippen molar-refractivity contribution in [2.75, 3.05) is 22.9 Å². The van der Waals surface area contributed by atoms with Crippen LogP contribution >= 0.6 is 11.6 Å². The predicted molar refractivity (Wildman–Crippen MR) is 91.0 cm³/mol. The summed E-state index contributed by atoms with van der Waals surface area (Å²) in [6, 6.07) is 1.99. The van der Waals surface area contributed by atoms with Crippen molar-refractivity contribution in [2.24, 2.45) is 0 Å². The number of H-pyrrole nitrogens is 1. The van der Waals surface area contributed by atoms with E-state index in [2.05, 4.69) is 9.97 Å². The van der Waals surface area contributed by atoms with Gasteiger partial charge in [-0.2, -0.15) is 13.2 Å². The van der Waals surface area contributed by atoms with E-state index in [1.54, 1.807) is 19.2 Å². The molecule has 0 saturated carbocycles. The molecule has 1 aliphatic rings. The highest BCUT2D eigenvalue weighted by atomic mass is 35.5. The van der Waals surface area contributed by atoms with Gasteiger partial charge in [0.2, 0.25) is 0 Å². The Hall–Kier alpha value is -2.42. The SMILES string of the molecule is CC1CN(c2cc[nH]c2)C(C(F)(F)F)CN1c1nc(C(=O)O)ccc1Cl. The smallest absolute Gasteiger partial charge is 0.410 e. The highest BCUT2D eigenvalue weighted by Crippen LogP contribution is 2.36. The maximum atomic E-state index is 13.7. The minimum atomic E-state index is -4.48. The van der Waals surface area contributed by atoms with Crippen LogP contribution in [0.1, 0.15) is 17.4 Å². The van der Waals surface area contributed by atoms with E-state index in [1.807, 2.05) is 0 Å². The third-order valence-electron chi connectivity index (χ3n) is 4.35. The summed E-state index contributed by atoms with van der Waals surface area (Å²) in [4.78, 5) is 20.6. The van der Waals surface area contributed by atoms with Gasteiger partial charge < -0.3 is 19.9 Å². The molecule has 6 nitrogen and oxygen atoms in total. The molecule has 3 heterocycles. The third kappa shape index (κ3) is 3.44. The number of carbonyl (C=O) groups is 1. The number of rotatable bonds is 3. The Labute approximate surface area is 152 Å². The number of carboxylic acid groups (broad SMARTS) is 1. The Bertz CT molecular complexity index is 797. The molecule has 26 heavy (non-hydrogen) atoms. The van der Waals surface area contributed by atoms with Crippen LogP contribution in [-0.2, 0) is 0 Å². The molecule has 140 valence electrons. The third-order valence-corrected chi connectivity index (χ3v) is 4.64. The number of pyridine rings is 1. The molecule has 2 unspecified atom stereocenters. The summed E-state index contributed by atoms with van der Waals surface area (Å²) >= 11 is 6.10. The number of hydrogen-bond donors (Lipinski definition) is 2. The van der Waals surface area contributed by atoms with Gasteiger partial charge in [0.15, 0.2) is 5.69 Å². The second kappa shape index (κ2) is 6.71. The topological polar surface area (TPSA) is 72.5 Å². The van der Waals surface area contributed by atoms with E-state index >= 15 is 0 Å². The molecule has 0 amide bonds. The molecule has 3 rings (SSSR count). The second-order valence-electron chi connectivity index (χ2n) is 6.09. The quantitative estimate of drug-likeness (QED) is 0.843. The zero-order valence-corrected chi connectivity index (χ0v) is 14.4. The number of hydrogen-bond acceptors (Lipinski definition) is 4. The fraction of sp³-hybridized carbons (Fsp3) is 0.375. The first-order chi connectivity index (χ1) is 12.2. The summed E-state index contributed by atoms with van der Waals surface area (Å²) in [7, 11) is 0. The van der Waals surface area contributed by atoms with Crippen molar-refractivity contribution in [2.45, 2.75) is 25.2 Å². The number of halogens is 4. The lowest BCUT2D eigenvalue weighted by molar-refractivity contribution is -0.148. The summed E-state index contributed by atoms with van der Waals surface area (Å²) in [5.41, 5.74) is 0.172. The number of aromatic carboxylic acids is 1. The minimum Gasteiger partial charge on any atom is -0.477 e. The first-order valence-corrected chi connectivity index (χ1v) is 8.19. The summed E-state index contributed by atoms with van der Waals surface area (Å²) in [6.45, 7) is 1.42. The van der Waals surface area contributed by atoms with Gasteiger partial charge in [-0.15, -0.1) is 0 Å². The number of aromatic amines is 1. The molecule has 1 fully saturated rings. The van der Waals surface area contributed by atoms with Crippen molar-refractivity contribution in [3.05, 3.63) is 41.3 Å². The highest BCUT2D eigenvalue weighted by Gasteiger charge is 2.48. The van der Waals surface area contributed by atoms with E-state index in [9.17, 15) is 18.0 Å². The summed E-state index contributed by atoms with van der Waals surface area (Å²) in [5.74, 6) is -1.23. The Kier molecular flexibility index (Phi) is 4.74. The van der Waals surface area contributed by atoms with Crippen LogP contribution in [0.3, 0.4) is 0 Å². The highest BCUT2D eigenvalue weighted by molar-refractivity contribution is 6.33. The van der Waals surface area contributed by atoms with Crippen molar-refractivity contribution in [1.82, 2.24) is 9.97 Å². The molecule has 0 aliphatic carbocycles. The van der Waals surface area contributed by atoms with Crippen LogP contribution in [0.15, 0.2) is 30.6 Å². The predicted octanol–water partition coefficient (Wildman–Crippen LogP) is 3.41. The molecule has 0 aromatic carbocycles. The van der Waals surface area contributed by atoms with Crippen molar-refractivity contribution < 1.29 is 23.1 Å². The maximum Gasteiger partial charge on any atom is 0.410 e. The number of nitrogens with zero attached hydrogens (tertiary/aromatic N) is 3. The number of piperazine rings is 1. The lowest BCUT2D eigenvalue weighted by Crippen LogP contribution is -2.62. The van der Waals surface area contributed by atoms with Crippen LogP contribution in [0, 0.1) is 0 Å². The average Bonchev–Trinajstić information content (AvgIpc) is 3.08. The Morgan fingerprint density at radius 3 is 2.62 bits per heavy atom. The van der Waals surface area contributed by atoms with Crippen LogP contribution in [0.5, 0.6) is 0 Å². The summed E-state index contributed by atoms with van der Waals surface area (Å²) in [5, 5.41) is 9.21. The molecule has 2 aromatic rings. The molecule has 0 spiro atoms. The molecular weight excluding hydrogens is 373 g/mol. The van der Waals surface area contributed by atoms with E-state index in [-0.39, 0.29) is 29.1 Å². The van der Waals surface area contributed by atoms with Gasteiger partial charge in [0.25, 0.3) is 0 Å². The number of alkyl halides is 3. The van der Waals surface area contributed by atoms with Gasteiger partial charge in [-0.1, -0.05) is 11.6 Å². The van der Waals surface area contributed by atoms with E-state index in [0.717, 1.165) is 0 Å². The first-order valence-electron chi connectivity index (χ1n) is 7.81. The maximum absolute atomic E-state index is 13.7. The zero-order valence-electron chi connectivity index (χ0n) is 13.7. The minimum absolute atomic E-state index is 0.0436. The van der Waals surface area contributed by atoms with Crippen LogP contribution in [0.25, 0.3) is 0 Å². The molecule has 10 heteroatoms. The molecule has 0 radical (unpaired) electrons. The molecule has 0 bridgehead atoms. The van der Waals surface area contributed by atoms with Crippen molar-refractivity contribution in [1.29, 1.82) is 0 Å². The van der Waals surface area contributed by atoms with Crippen LogP contribution in [-0.4, -0.2) is 52.4 Å². The van der Waals surface area contributed by atoms with Gasteiger partial charge in [-0.3, -0.25) is 0 Å². The standard InChI is InChI=1S/C16H16ClF3N4O2/c1-9-7-24(10-4-5-21-6-10)13(16(18,19)20)8-23(9)14-11(17)2-3-12(22-14)15(25)26/h2-6,9,13,21H,7-8H2,1H3,(H,25,26). The van der Waals surface area contributed by atoms with E-state index in [4.69, 9.17) is 16.7 Å². The zero-order chi connectivity index (χ0) is 19.1. The molecule has 2 N–H and O–H groups in total. The van der Waals surface area contributed by atoms with Gasteiger partial charge in [0.1, 0.15) is 11.9 Å².